The number of para-hydroxylation sites is 1. The molecule has 0 aliphatic heterocycles. The van der Waals surface area contributed by atoms with E-state index < -0.39 is 0 Å². The summed E-state index contributed by atoms with van der Waals surface area (Å²) in [6.45, 7) is 15.4. The van der Waals surface area contributed by atoms with Gasteiger partial charge in [0.15, 0.2) is 0 Å². The highest BCUT2D eigenvalue weighted by Crippen LogP contribution is 2.36. The van der Waals surface area contributed by atoms with Gasteiger partial charge < -0.3 is 9.88 Å². The van der Waals surface area contributed by atoms with E-state index in [1.165, 1.54) is 44.1 Å². The standard InChI is InChI=1S/C37H44N2/c1-8-28(9-2)15-11-12-16-29(10-3)25-27(4)38-32-22-19-30(20-23-32)31-21-24-36-34(26-31)33-17-13-14-18-35(33)39(36)37(5,6)7/h8,10-11,13-15,17-26,38H,9,12,16H2,1-7H3/b15-11+,27-25-,28-8-,29-10-. The van der Waals surface area contributed by atoms with Crippen LogP contribution in [0.1, 0.15) is 67.7 Å². The molecule has 3 aromatic carbocycles. The van der Waals surface area contributed by atoms with E-state index in [2.05, 4.69) is 155 Å². The predicted octanol–water partition coefficient (Wildman–Crippen LogP) is 11.2. The summed E-state index contributed by atoms with van der Waals surface area (Å²) in [6.07, 6.45) is 14.4. The van der Waals surface area contributed by atoms with Crippen molar-refractivity contribution >= 4 is 27.5 Å². The zero-order valence-electron chi connectivity index (χ0n) is 24.8. The Balaban J connectivity index is 1.50. The lowest BCUT2D eigenvalue weighted by atomic mass is 10.0. The Morgan fingerprint density at radius 2 is 1.49 bits per heavy atom. The Labute approximate surface area is 235 Å². The molecule has 0 bridgehead atoms. The van der Waals surface area contributed by atoms with Gasteiger partial charge in [-0.3, -0.25) is 0 Å². The number of hydrogen-bond acceptors (Lipinski definition) is 1. The van der Waals surface area contributed by atoms with Crippen molar-refractivity contribution in [1.82, 2.24) is 4.57 Å². The molecule has 2 nitrogen and oxygen atoms in total. The lowest BCUT2D eigenvalue weighted by molar-refractivity contribution is 0.423. The molecule has 0 fully saturated rings. The third kappa shape index (κ3) is 6.63. The molecule has 0 aliphatic rings. The maximum absolute atomic E-state index is 3.58. The van der Waals surface area contributed by atoms with Gasteiger partial charge in [-0.25, -0.2) is 0 Å². The summed E-state index contributed by atoms with van der Waals surface area (Å²) < 4.78 is 2.46. The van der Waals surface area contributed by atoms with Gasteiger partial charge in [-0.1, -0.05) is 78.8 Å². The summed E-state index contributed by atoms with van der Waals surface area (Å²) in [4.78, 5) is 0. The van der Waals surface area contributed by atoms with Gasteiger partial charge in [0.2, 0.25) is 0 Å². The average molecular weight is 517 g/mol. The first-order valence-corrected chi connectivity index (χ1v) is 14.3. The first-order chi connectivity index (χ1) is 18.7. The number of rotatable bonds is 9. The van der Waals surface area contributed by atoms with Crippen LogP contribution in [0.5, 0.6) is 0 Å². The smallest absolute Gasteiger partial charge is 0.0496 e. The second-order valence-electron chi connectivity index (χ2n) is 11.3. The second kappa shape index (κ2) is 12.4. The molecule has 0 unspecified atom stereocenters. The van der Waals surface area contributed by atoms with Crippen molar-refractivity contribution in [2.24, 2.45) is 0 Å². The number of anilines is 1. The zero-order chi connectivity index (χ0) is 28.0. The molecule has 0 atom stereocenters. The monoisotopic (exact) mass is 516 g/mol. The second-order valence-corrected chi connectivity index (χ2v) is 11.3. The highest BCUT2D eigenvalue weighted by atomic mass is 15.0. The van der Waals surface area contributed by atoms with Crippen LogP contribution >= 0.6 is 0 Å². The van der Waals surface area contributed by atoms with Gasteiger partial charge in [-0.2, -0.15) is 0 Å². The van der Waals surface area contributed by atoms with E-state index in [1.807, 2.05) is 0 Å². The Morgan fingerprint density at radius 1 is 0.821 bits per heavy atom. The molecular weight excluding hydrogens is 472 g/mol. The van der Waals surface area contributed by atoms with Crippen LogP contribution in [0.3, 0.4) is 0 Å². The molecule has 4 aromatic rings. The Bertz CT molecular complexity index is 1550. The van der Waals surface area contributed by atoms with Crippen molar-refractivity contribution in [3.05, 3.63) is 114 Å². The number of nitrogens with one attached hydrogen (secondary N) is 1. The van der Waals surface area contributed by atoms with Gasteiger partial charge >= 0.3 is 0 Å². The van der Waals surface area contributed by atoms with Crippen LogP contribution in [0.4, 0.5) is 5.69 Å². The Hall–Kier alpha value is -3.78. The molecule has 4 rings (SSSR count). The van der Waals surface area contributed by atoms with Crippen LogP contribution in [-0.2, 0) is 5.54 Å². The fraction of sp³-hybridized carbons (Fsp3) is 0.297. The van der Waals surface area contributed by atoms with Crippen molar-refractivity contribution in [1.29, 1.82) is 0 Å². The lowest BCUT2D eigenvalue weighted by Gasteiger charge is -2.24. The first kappa shape index (κ1) is 28.2. The molecule has 0 aliphatic carbocycles. The lowest BCUT2D eigenvalue weighted by Crippen LogP contribution is -2.21. The van der Waals surface area contributed by atoms with Crippen molar-refractivity contribution in [2.75, 3.05) is 5.32 Å². The van der Waals surface area contributed by atoms with Crippen LogP contribution in [0, 0.1) is 0 Å². The van der Waals surface area contributed by atoms with Gasteiger partial charge in [0, 0.05) is 38.7 Å². The normalized spacial score (nSPS) is 13.7. The minimum Gasteiger partial charge on any atom is -0.359 e. The van der Waals surface area contributed by atoms with Crippen LogP contribution in [0.25, 0.3) is 32.9 Å². The third-order valence-electron chi connectivity index (χ3n) is 7.39. The quantitative estimate of drug-likeness (QED) is 0.219. The molecule has 0 amide bonds. The van der Waals surface area contributed by atoms with Crippen molar-refractivity contribution in [3.63, 3.8) is 0 Å². The van der Waals surface area contributed by atoms with E-state index in [1.54, 1.807) is 0 Å². The highest BCUT2D eigenvalue weighted by molar-refractivity contribution is 6.09. The third-order valence-corrected chi connectivity index (χ3v) is 7.39. The van der Waals surface area contributed by atoms with Gasteiger partial charge in [-0.15, -0.1) is 0 Å². The van der Waals surface area contributed by atoms with E-state index in [-0.39, 0.29) is 5.54 Å². The number of nitrogens with zero attached hydrogens (tertiary/aromatic N) is 1. The van der Waals surface area contributed by atoms with Gasteiger partial charge in [-0.05, 0) is 108 Å². The van der Waals surface area contributed by atoms with Crippen LogP contribution in [0.2, 0.25) is 0 Å². The van der Waals surface area contributed by atoms with Crippen LogP contribution < -0.4 is 5.32 Å². The van der Waals surface area contributed by atoms with E-state index in [0.717, 1.165) is 30.6 Å². The molecule has 0 spiro atoms. The molecule has 202 valence electrons. The maximum Gasteiger partial charge on any atom is 0.0496 e. The maximum atomic E-state index is 3.58. The molecular formula is C37H44N2. The summed E-state index contributed by atoms with van der Waals surface area (Å²) in [5, 5.41) is 6.20. The van der Waals surface area contributed by atoms with Crippen molar-refractivity contribution in [2.45, 2.75) is 73.3 Å². The van der Waals surface area contributed by atoms with Crippen LogP contribution in [-0.4, -0.2) is 4.57 Å². The fourth-order valence-corrected chi connectivity index (χ4v) is 5.37. The summed E-state index contributed by atoms with van der Waals surface area (Å²) in [5.74, 6) is 0. The zero-order valence-corrected chi connectivity index (χ0v) is 24.8. The van der Waals surface area contributed by atoms with E-state index in [0.29, 0.717) is 0 Å². The number of hydrogen-bond donors (Lipinski definition) is 1. The number of aromatic nitrogens is 1. The molecule has 0 saturated carbocycles. The topological polar surface area (TPSA) is 17.0 Å². The molecule has 0 radical (unpaired) electrons. The fourth-order valence-electron chi connectivity index (χ4n) is 5.37. The predicted molar refractivity (Wildman–Crippen MR) is 173 cm³/mol. The molecule has 1 heterocycles. The first-order valence-electron chi connectivity index (χ1n) is 14.3. The molecule has 1 N–H and O–H groups in total. The number of benzene rings is 3. The minimum atomic E-state index is 0.01000. The largest absolute Gasteiger partial charge is 0.359 e. The minimum absolute atomic E-state index is 0.01000. The summed E-state index contributed by atoms with van der Waals surface area (Å²) >= 11 is 0. The average Bonchev–Trinajstić information content (AvgIpc) is 3.27. The van der Waals surface area contributed by atoms with Crippen molar-refractivity contribution in [3.8, 4) is 11.1 Å². The highest BCUT2D eigenvalue weighted by Gasteiger charge is 2.20. The van der Waals surface area contributed by atoms with Crippen LogP contribution in [0.15, 0.2) is 114 Å². The molecule has 1 aromatic heterocycles. The number of fused-ring (bicyclic) bond motifs is 3. The Morgan fingerprint density at radius 3 is 2.15 bits per heavy atom. The molecule has 2 heteroatoms. The van der Waals surface area contributed by atoms with Crippen molar-refractivity contribution < 1.29 is 0 Å². The van der Waals surface area contributed by atoms with Gasteiger partial charge in [0.25, 0.3) is 0 Å². The van der Waals surface area contributed by atoms with E-state index >= 15 is 0 Å². The van der Waals surface area contributed by atoms with Gasteiger partial charge in [0.05, 0.1) is 0 Å². The van der Waals surface area contributed by atoms with Gasteiger partial charge in [0.1, 0.15) is 0 Å². The van der Waals surface area contributed by atoms with E-state index in [9.17, 15) is 0 Å². The summed E-state index contributed by atoms with van der Waals surface area (Å²) in [7, 11) is 0. The Kier molecular flexibility index (Phi) is 8.97. The summed E-state index contributed by atoms with van der Waals surface area (Å²) in [5.41, 5.74) is 10.1. The molecule has 0 saturated heterocycles. The molecule has 39 heavy (non-hydrogen) atoms. The SMILES string of the molecule is C/C=C(\C=C(\C)Nc1ccc(-c2ccc3c(c2)c2ccccc2n3C(C)(C)C)cc1)CC/C=C/C(=C\C)CC. The van der Waals surface area contributed by atoms with E-state index in [4.69, 9.17) is 0 Å². The summed E-state index contributed by atoms with van der Waals surface area (Å²) in [6, 6.07) is 24.4. The number of allylic oxidation sites excluding steroid dienone is 8.